The topological polar surface area (TPSA) is 53.5 Å². The molecule has 7 heteroatoms. The third-order valence-corrected chi connectivity index (χ3v) is 5.62. The van der Waals surface area contributed by atoms with Gasteiger partial charge in [0, 0.05) is 35.6 Å². The number of likely N-dealkylation sites (N-methyl/N-ethyl adjacent to an activating group) is 1. The molecule has 2 aromatic carbocycles. The van der Waals surface area contributed by atoms with E-state index in [1.807, 2.05) is 60.8 Å². The van der Waals surface area contributed by atoms with E-state index < -0.39 is 0 Å². The second-order valence-electron chi connectivity index (χ2n) is 6.41. The third kappa shape index (κ3) is 4.99. The van der Waals surface area contributed by atoms with E-state index in [0.29, 0.717) is 10.8 Å². The van der Waals surface area contributed by atoms with Crippen molar-refractivity contribution < 1.29 is 9.59 Å². The molecule has 2 amide bonds. The number of carbonyl (C=O) groups is 2. The number of carbonyl (C=O) groups excluding carboxylic acids is 2. The van der Waals surface area contributed by atoms with Gasteiger partial charge < -0.3 is 4.90 Å². The van der Waals surface area contributed by atoms with Crippen molar-refractivity contribution in [2.45, 2.75) is 13.8 Å². The first-order valence-corrected chi connectivity index (χ1v) is 10.6. The number of benzene rings is 2. The SMILES string of the molecule is CC(=O)N(c1ccccc1)c1nc(/C=C/C(=O)N(C)c2ccc(Br)cc2C)cs1. The number of amides is 2. The summed E-state index contributed by atoms with van der Waals surface area (Å²) in [5, 5.41) is 2.39. The number of aryl methyl sites for hydroxylation is 1. The van der Waals surface area contributed by atoms with E-state index in [9.17, 15) is 9.59 Å². The summed E-state index contributed by atoms with van der Waals surface area (Å²) in [6, 6.07) is 15.1. The number of nitrogens with zero attached hydrogens (tertiary/aromatic N) is 3. The van der Waals surface area contributed by atoms with Crippen molar-refractivity contribution >= 4 is 61.7 Å². The Morgan fingerprint density at radius 2 is 1.86 bits per heavy atom. The average molecular weight is 470 g/mol. The van der Waals surface area contributed by atoms with Crippen LogP contribution in [0.3, 0.4) is 0 Å². The van der Waals surface area contributed by atoms with E-state index in [0.717, 1.165) is 21.4 Å². The predicted molar refractivity (Wildman–Crippen MR) is 123 cm³/mol. The summed E-state index contributed by atoms with van der Waals surface area (Å²) < 4.78 is 0.971. The minimum absolute atomic E-state index is 0.123. The van der Waals surface area contributed by atoms with Crippen LogP contribution in [0, 0.1) is 6.92 Å². The monoisotopic (exact) mass is 469 g/mol. The number of rotatable bonds is 5. The van der Waals surface area contributed by atoms with Gasteiger partial charge in [0.15, 0.2) is 5.13 Å². The highest BCUT2D eigenvalue weighted by atomic mass is 79.9. The van der Waals surface area contributed by atoms with Crippen LogP contribution in [0.2, 0.25) is 0 Å². The van der Waals surface area contributed by atoms with Crippen LogP contribution < -0.4 is 9.80 Å². The van der Waals surface area contributed by atoms with Crippen LogP contribution in [0.25, 0.3) is 6.08 Å². The zero-order chi connectivity index (χ0) is 21.0. The molecule has 1 aromatic heterocycles. The van der Waals surface area contributed by atoms with Gasteiger partial charge in [0.1, 0.15) is 0 Å². The first-order valence-electron chi connectivity index (χ1n) is 8.90. The van der Waals surface area contributed by atoms with Crippen molar-refractivity contribution in [2.24, 2.45) is 0 Å². The van der Waals surface area contributed by atoms with Gasteiger partial charge in [0.2, 0.25) is 5.91 Å². The molecule has 3 rings (SSSR count). The fourth-order valence-corrected chi connectivity index (χ4v) is 4.17. The molecule has 0 aliphatic heterocycles. The van der Waals surface area contributed by atoms with Crippen LogP contribution in [0.4, 0.5) is 16.5 Å². The minimum Gasteiger partial charge on any atom is -0.312 e. The smallest absolute Gasteiger partial charge is 0.250 e. The van der Waals surface area contributed by atoms with E-state index in [-0.39, 0.29) is 11.8 Å². The predicted octanol–water partition coefficient (Wildman–Crippen LogP) is 5.57. The van der Waals surface area contributed by atoms with Crippen LogP contribution in [-0.2, 0) is 9.59 Å². The Labute approximate surface area is 182 Å². The van der Waals surface area contributed by atoms with Crippen LogP contribution >= 0.6 is 27.3 Å². The average Bonchev–Trinajstić information content (AvgIpc) is 3.14. The van der Waals surface area contributed by atoms with Gasteiger partial charge in [-0.25, -0.2) is 4.98 Å². The van der Waals surface area contributed by atoms with Gasteiger partial charge in [-0.2, -0.15) is 0 Å². The number of para-hydroxylation sites is 1. The molecule has 148 valence electrons. The summed E-state index contributed by atoms with van der Waals surface area (Å²) >= 11 is 4.79. The summed E-state index contributed by atoms with van der Waals surface area (Å²) in [6.07, 6.45) is 3.15. The highest BCUT2D eigenvalue weighted by molar-refractivity contribution is 9.10. The molecule has 5 nitrogen and oxygen atoms in total. The zero-order valence-electron chi connectivity index (χ0n) is 16.3. The molecule has 0 saturated heterocycles. The van der Waals surface area contributed by atoms with Crippen LogP contribution in [0.1, 0.15) is 18.2 Å². The van der Waals surface area contributed by atoms with E-state index >= 15 is 0 Å². The standard InChI is InChI=1S/C22H20BrN3O2S/c1-15-13-17(23)9-11-20(15)25(3)21(28)12-10-18-14-29-22(24-18)26(16(2)27)19-7-5-4-6-8-19/h4-14H,1-3H3/b12-10+. The lowest BCUT2D eigenvalue weighted by Crippen LogP contribution is -2.24. The maximum absolute atomic E-state index is 12.6. The number of anilines is 3. The maximum atomic E-state index is 12.6. The Bertz CT molecular complexity index is 1060. The Balaban J connectivity index is 1.77. The fourth-order valence-electron chi connectivity index (χ4n) is 2.84. The van der Waals surface area contributed by atoms with E-state index in [1.54, 1.807) is 22.9 Å². The van der Waals surface area contributed by atoms with Crippen molar-refractivity contribution in [1.29, 1.82) is 0 Å². The highest BCUT2D eigenvalue weighted by Crippen LogP contribution is 2.29. The van der Waals surface area contributed by atoms with E-state index in [1.165, 1.54) is 24.3 Å². The Hall–Kier alpha value is -2.77. The van der Waals surface area contributed by atoms with Gasteiger partial charge in [0.05, 0.1) is 11.4 Å². The number of halogens is 1. The molecule has 0 radical (unpaired) electrons. The molecule has 0 aliphatic carbocycles. The minimum atomic E-state index is -0.156. The molecule has 0 spiro atoms. The van der Waals surface area contributed by atoms with Gasteiger partial charge in [-0.3, -0.25) is 14.5 Å². The molecule has 0 bridgehead atoms. The van der Waals surface area contributed by atoms with Gasteiger partial charge in [-0.1, -0.05) is 34.1 Å². The van der Waals surface area contributed by atoms with Crippen LogP contribution in [-0.4, -0.2) is 23.8 Å². The molecule has 29 heavy (non-hydrogen) atoms. The first-order chi connectivity index (χ1) is 13.9. The highest BCUT2D eigenvalue weighted by Gasteiger charge is 2.17. The summed E-state index contributed by atoms with van der Waals surface area (Å²) in [6.45, 7) is 3.46. The Morgan fingerprint density at radius 1 is 1.14 bits per heavy atom. The lowest BCUT2D eigenvalue weighted by Gasteiger charge is -2.18. The third-order valence-electron chi connectivity index (χ3n) is 4.28. The quantitative estimate of drug-likeness (QED) is 0.458. The van der Waals surface area contributed by atoms with Crippen molar-refractivity contribution in [3.8, 4) is 0 Å². The van der Waals surface area contributed by atoms with Gasteiger partial charge in [0.25, 0.3) is 5.91 Å². The maximum Gasteiger partial charge on any atom is 0.250 e. The van der Waals surface area contributed by atoms with Crippen molar-refractivity contribution in [2.75, 3.05) is 16.8 Å². The second kappa shape index (κ2) is 9.15. The van der Waals surface area contributed by atoms with Crippen LogP contribution in [0.15, 0.2) is 64.5 Å². The molecule has 0 unspecified atom stereocenters. The van der Waals surface area contributed by atoms with Gasteiger partial charge in [-0.15, -0.1) is 11.3 Å². The summed E-state index contributed by atoms with van der Waals surface area (Å²) in [5.74, 6) is -0.279. The number of hydrogen-bond acceptors (Lipinski definition) is 4. The van der Waals surface area contributed by atoms with Crippen molar-refractivity contribution in [3.63, 3.8) is 0 Å². The molecular formula is C22H20BrN3O2S. The lowest BCUT2D eigenvalue weighted by molar-refractivity contribution is -0.116. The lowest BCUT2D eigenvalue weighted by atomic mass is 10.2. The second-order valence-corrected chi connectivity index (χ2v) is 8.16. The van der Waals surface area contributed by atoms with Crippen molar-refractivity contribution in [1.82, 2.24) is 4.98 Å². The number of aromatic nitrogens is 1. The molecule has 0 aliphatic rings. The molecule has 0 saturated carbocycles. The fraction of sp³-hybridized carbons (Fsp3) is 0.136. The van der Waals surface area contributed by atoms with Crippen LogP contribution in [0.5, 0.6) is 0 Å². The summed E-state index contributed by atoms with van der Waals surface area (Å²) in [4.78, 5) is 32.3. The summed E-state index contributed by atoms with van der Waals surface area (Å²) in [7, 11) is 1.74. The molecule has 1 heterocycles. The van der Waals surface area contributed by atoms with Gasteiger partial charge in [-0.05, 0) is 48.9 Å². The molecule has 0 fully saturated rings. The van der Waals surface area contributed by atoms with E-state index in [4.69, 9.17) is 0 Å². The largest absolute Gasteiger partial charge is 0.312 e. The van der Waals surface area contributed by atoms with Gasteiger partial charge >= 0.3 is 0 Å². The molecule has 0 N–H and O–H groups in total. The van der Waals surface area contributed by atoms with E-state index in [2.05, 4.69) is 20.9 Å². The zero-order valence-corrected chi connectivity index (χ0v) is 18.7. The molecule has 3 aromatic rings. The molecule has 0 atom stereocenters. The summed E-state index contributed by atoms with van der Waals surface area (Å²) in [5.41, 5.74) is 3.22. The first kappa shape index (κ1) is 21.0. The van der Waals surface area contributed by atoms with Crippen molar-refractivity contribution in [3.05, 3.63) is 75.7 Å². The Kier molecular flexibility index (Phi) is 6.61. The normalized spacial score (nSPS) is 10.9. The number of hydrogen-bond donors (Lipinski definition) is 0. The number of thiazole rings is 1. The Morgan fingerprint density at radius 3 is 2.52 bits per heavy atom. The molecular weight excluding hydrogens is 450 g/mol.